The molecule has 140 valence electrons. The molecule has 2 rings (SSSR count). The molecule has 26 heavy (non-hydrogen) atoms. The van der Waals surface area contributed by atoms with Gasteiger partial charge in [-0.3, -0.25) is 9.59 Å². The molecule has 0 radical (unpaired) electrons. The fraction of sp³-hybridized carbons (Fsp3) is 0.400. The van der Waals surface area contributed by atoms with E-state index in [1.54, 1.807) is 24.1 Å². The first kappa shape index (κ1) is 20.0. The van der Waals surface area contributed by atoms with Gasteiger partial charge in [-0.25, -0.2) is 0 Å². The average Bonchev–Trinajstić information content (AvgIpc) is 3.02. The van der Waals surface area contributed by atoms with E-state index in [9.17, 15) is 9.59 Å². The van der Waals surface area contributed by atoms with Crippen molar-refractivity contribution < 1.29 is 14.3 Å². The van der Waals surface area contributed by atoms with Crippen LogP contribution in [0, 0.1) is 6.92 Å². The maximum atomic E-state index is 12.9. The number of rotatable bonds is 8. The second-order valence-corrected chi connectivity index (χ2v) is 7.18. The molecule has 0 saturated carbocycles. The number of para-hydroxylation sites is 2. The number of nitrogens with zero attached hydrogens (tertiary/aromatic N) is 1. The summed E-state index contributed by atoms with van der Waals surface area (Å²) in [5.74, 6) is 0.269. The van der Waals surface area contributed by atoms with Gasteiger partial charge in [-0.2, -0.15) is 0 Å². The van der Waals surface area contributed by atoms with Crippen LogP contribution in [0.5, 0.6) is 5.75 Å². The fourth-order valence-corrected chi connectivity index (χ4v) is 3.85. The van der Waals surface area contributed by atoms with Crippen LogP contribution in [0.25, 0.3) is 0 Å². The van der Waals surface area contributed by atoms with Gasteiger partial charge < -0.3 is 15.0 Å². The van der Waals surface area contributed by atoms with Crippen molar-refractivity contribution in [2.24, 2.45) is 0 Å². The number of aryl methyl sites for hydroxylation is 2. The van der Waals surface area contributed by atoms with E-state index in [-0.39, 0.29) is 18.4 Å². The Morgan fingerprint density at radius 2 is 1.96 bits per heavy atom. The first-order valence-corrected chi connectivity index (χ1v) is 9.63. The molecule has 5 nitrogen and oxygen atoms in total. The van der Waals surface area contributed by atoms with Gasteiger partial charge in [0.1, 0.15) is 12.3 Å². The zero-order valence-corrected chi connectivity index (χ0v) is 16.6. The highest BCUT2D eigenvalue weighted by molar-refractivity contribution is 7.14. The van der Waals surface area contributed by atoms with Crippen molar-refractivity contribution in [3.8, 4) is 5.75 Å². The molecule has 0 unspecified atom stereocenters. The Hall–Kier alpha value is -2.34. The molecule has 0 fully saturated rings. The number of hydrogen-bond donors (Lipinski definition) is 1. The lowest BCUT2D eigenvalue weighted by Gasteiger charge is -2.21. The summed E-state index contributed by atoms with van der Waals surface area (Å²) in [5.41, 5.74) is 1.74. The molecule has 1 aromatic heterocycles. The number of carbonyl (C=O) groups is 2. The Balaban J connectivity index is 2.11. The smallest absolute Gasteiger partial charge is 0.264 e. The van der Waals surface area contributed by atoms with E-state index in [1.165, 1.54) is 16.2 Å². The molecule has 1 aromatic carbocycles. The zero-order valence-electron chi connectivity index (χ0n) is 15.8. The van der Waals surface area contributed by atoms with Gasteiger partial charge >= 0.3 is 0 Å². The van der Waals surface area contributed by atoms with Crippen molar-refractivity contribution in [3.63, 3.8) is 0 Å². The second kappa shape index (κ2) is 9.38. The Labute approximate surface area is 159 Å². The van der Waals surface area contributed by atoms with Gasteiger partial charge in [-0.05, 0) is 43.5 Å². The third-order valence-electron chi connectivity index (χ3n) is 4.05. The van der Waals surface area contributed by atoms with E-state index < -0.39 is 0 Å². The van der Waals surface area contributed by atoms with Crippen LogP contribution >= 0.6 is 11.3 Å². The fourth-order valence-electron chi connectivity index (χ4n) is 2.77. The minimum atomic E-state index is -0.236. The average molecular weight is 375 g/mol. The van der Waals surface area contributed by atoms with Crippen LogP contribution in [-0.4, -0.2) is 36.9 Å². The maximum absolute atomic E-state index is 12.9. The summed E-state index contributed by atoms with van der Waals surface area (Å²) in [4.78, 5) is 28.8. The van der Waals surface area contributed by atoms with Crippen molar-refractivity contribution in [2.75, 3.05) is 25.5 Å². The largest absolute Gasteiger partial charge is 0.495 e. The maximum Gasteiger partial charge on any atom is 0.264 e. The number of carbonyl (C=O) groups excluding carboxylic acids is 2. The molecular weight excluding hydrogens is 348 g/mol. The van der Waals surface area contributed by atoms with Crippen molar-refractivity contribution in [3.05, 3.63) is 45.6 Å². The summed E-state index contributed by atoms with van der Waals surface area (Å²) in [5, 5.41) is 2.83. The number of anilines is 1. The summed E-state index contributed by atoms with van der Waals surface area (Å²) in [6.07, 6.45) is 1.70. The Morgan fingerprint density at radius 1 is 1.23 bits per heavy atom. The van der Waals surface area contributed by atoms with E-state index in [0.29, 0.717) is 22.9 Å². The number of benzene rings is 1. The van der Waals surface area contributed by atoms with E-state index in [1.807, 2.05) is 32.0 Å². The summed E-state index contributed by atoms with van der Waals surface area (Å²) in [6.45, 7) is 6.65. The molecule has 2 aromatic rings. The molecule has 0 saturated heterocycles. The molecule has 0 aliphatic heterocycles. The van der Waals surface area contributed by atoms with E-state index >= 15 is 0 Å². The van der Waals surface area contributed by atoms with E-state index in [4.69, 9.17) is 4.74 Å². The van der Waals surface area contributed by atoms with Crippen molar-refractivity contribution in [2.45, 2.75) is 33.6 Å². The predicted molar refractivity (Wildman–Crippen MR) is 106 cm³/mol. The summed E-state index contributed by atoms with van der Waals surface area (Å²) < 4.78 is 5.25. The predicted octanol–water partition coefficient (Wildman–Crippen LogP) is 4.12. The van der Waals surface area contributed by atoms with Gasteiger partial charge in [0.25, 0.3) is 5.91 Å². The Bertz CT molecular complexity index is 770. The topological polar surface area (TPSA) is 58.6 Å². The first-order valence-electron chi connectivity index (χ1n) is 8.81. The molecule has 1 N–H and O–H groups in total. The molecule has 0 aliphatic carbocycles. The number of hydrogen-bond acceptors (Lipinski definition) is 4. The summed E-state index contributed by atoms with van der Waals surface area (Å²) in [7, 11) is 1.56. The molecule has 0 spiro atoms. The lowest BCUT2D eigenvalue weighted by Crippen LogP contribution is -2.38. The standard InChI is InChI=1S/C20H26N2O3S/c1-5-11-22(20(24)18-12-14(3)17(6-2)26-18)13-19(23)21-15-9-7-8-10-16(15)25-4/h7-10,12H,5-6,11,13H2,1-4H3,(H,21,23). The minimum Gasteiger partial charge on any atom is -0.495 e. The Morgan fingerprint density at radius 3 is 2.58 bits per heavy atom. The third-order valence-corrected chi connectivity index (χ3v) is 5.42. The van der Waals surface area contributed by atoms with Gasteiger partial charge in [0.2, 0.25) is 5.91 Å². The lowest BCUT2D eigenvalue weighted by molar-refractivity contribution is -0.116. The number of methoxy groups -OCH3 is 1. The highest BCUT2D eigenvalue weighted by atomic mass is 32.1. The van der Waals surface area contributed by atoms with Crippen LogP contribution in [0.1, 0.15) is 40.4 Å². The quantitative estimate of drug-likeness (QED) is 0.756. The van der Waals surface area contributed by atoms with Crippen LogP contribution in [0.15, 0.2) is 30.3 Å². The minimum absolute atomic E-state index is 0.0170. The van der Waals surface area contributed by atoms with Crippen molar-refractivity contribution in [1.29, 1.82) is 0 Å². The molecule has 0 atom stereocenters. The number of amides is 2. The molecule has 6 heteroatoms. The van der Waals surface area contributed by atoms with Crippen LogP contribution in [0.2, 0.25) is 0 Å². The van der Waals surface area contributed by atoms with Gasteiger partial charge in [-0.15, -0.1) is 11.3 Å². The number of nitrogens with one attached hydrogen (secondary N) is 1. The zero-order chi connectivity index (χ0) is 19.1. The summed E-state index contributed by atoms with van der Waals surface area (Å²) >= 11 is 1.52. The monoisotopic (exact) mass is 374 g/mol. The van der Waals surface area contributed by atoms with Crippen LogP contribution in [-0.2, 0) is 11.2 Å². The lowest BCUT2D eigenvalue weighted by atomic mass is 10.2. The molecule has 1 heterocycles. The van der Waals surface area contributed by atoms with E-state index in [2.05, 4.69) is 12.2 Å². The van der Waals surface area contributed by atoms with Gasteiger partial charge in [0, 0.05) is 11.4 Å². The van der Waals surface area contributed by atoms with E-state index in [0.717, 1.165) is 18.4 Å². The Kier molecular flexibility index (Phi) is 7.21. The molecule has 0 aliphatic rings. The normalized spacial score (nSPS) is 10.5. The SMILES string of the molecule is CCCN(CC(=O)Nc1ccccc1OC)C(=O)c1cc(C)c(CC)s1. The van der Waals surface area contributed by atoms with Crippen molar-refractivity contribution in [1.82, 2.24) is 4.90 Å². The van der Waals surface area contributed by atoms with Gasteiger partial charge in [0.05, 0.1) is 17.7 Å². The van der Waals surface area contributed by atoms with Gasteiger partial charge in [0.15, 0.2) is 0 Å². The highest BCUT2D eigenvalue weighted by Gasteiger charge is 2.21. The molecule has 0 bridgehead atoms. The molecule has 2 amide bonds. The number of thiophene rings is 1. The summed E-state index contributed by atoms with van der Waals surface area (Å²) in [6, 6.07) is 9.15. The second-order valence-electron chi connectivity index (χ2n) is 6.05. The van der Waals surface area contributed by atoms with Crippen LogP contribution < -0.4 is 10.1 Å². The molecular formula is C20H26N2O3S. The van der Waals surface area contributed by atoms with Crippen molar-refractivity contribution >= 4 is 28.8 Å². The number of ether oxygens (including phenoxy) is 1. The van der Waals surface area contributed by atoms with Gasteiger partial charge in [-0.1, -0.05) is 26.0 Å². The highest BCUT2D eigenvalue weighted by Crippen LogP contribution is 2.25. The first-order chi connectivity index (χ1) is 12.5. The van der Waals surface area contributed by atoms with Crippen LogP contribution in [0.4, 0.5) is 5.69 Å². The van der Waals surface area contributed by atoms with Crippen LogP contribution in [0.3, 0.4) is 0 Å². The third kappa shape index (κ3) is 4.85.